The minimum Gasteiger partial charge on any atom is -0.377 e. The Balaban J connectivity index is 2.03. The van der Waals surface area contributed by atoms with Crippen LogP contribution in [0.5, 0.6) is 0 Å². The van der Waals surface area contributed by atoms with Crippen molar-refractivity contribution in [2.75, 3.05) is 13.7 Å². The summed E-state index contributed by atoms with van der Waals surface area (Å²) in [7, 11) is 1.72. The van der Waals surface area contributed by atoms with Gasteiger partial charge in [-0.3, -0.25) is 0 Å². The molecule has 1 aromatic carbocycles. The first-order valence-corrected chi connectivity index (χ1v) is 6.09. The van der Waals surface area contributed by atoms with Crippen molar-refractivity contribution in [3.05, 3.63) is 35.1 Å². The molecule has 0 aliphatic heterocycles. The van der Waals surface area contributed by atoms with Crippen LogP contribution in [-0.4, -0.2) is 19.3 Å². The third-order valence-electron chi connectivity index (χ3n) is 3.51. The van der Waals surface area contributed by atoms with Gasteiger partial charge in [-0.05, 0) is 49.9 Å². The van der Waals surface area contributed by atoms with Gasteiger partial charge < -0.3 is 10.1 Å². The zero-order valence-corrected chi connectivity index (χ0v) is 10.7. The fourth-order valence-electron chi connectivity index (χ4n) is 2.24. The van der Waals surface area contributed by atoms with Gasteiger partial charge in [0.15, 0.2) is 0 Å². The fourth-order valence-corrected chi connectivity index (χ4v) is 2.24. The smallest absolute Gasteiger partial charge is 0.123 e. The molecule has 0 aromatic heterocycles. The predicted octanol–water partition coefficient (Wildman–Crippen LogP) is 2.83. The Bertz CT molecular complexity index is 403. The number of ether oxygens (including phenoxy) is 1. The molecule has 1 aliphatic rings. The highest BCUT2D eigenvalue weighted by Gasteiger charge is 2.25. The number of hydrogen-bond acceptors (Lipinski definition) is 2. The van der Waals surface area contributed by atoms with Crippen LogP contribution in [0.3, 0.4) is 0 Å². The van der Waals surface area contributed by atoms with Crippen LogP contribution in [0, 0.1) is 5.82 Å². The number of fused-ring (bicyclic) bond motifs is 1. The molecule has 0 heterocycles. The maximum Gasteiger partial charge on any atom is 0.123 e. The predicted molar refractivity (Wildman–Crippen MR) is 66.6 cm³/mol. The van der Waals surface area contributed by atoms with E-state index in [0.717, 1.165) is 24.9 Å². The van der Waals surface area contributed by atoms with Crippen molar-refractivity contribution < 1.29 is 9.13 Å². The molecule has 1 aliphatic carbocycles. The van der Waals surface area contributed by atoms with Gasteiger partial charge in [0, 0.05) is 19.7 Å². The average Bonchev–Trinajstić information content (AvgIpc) is 2.69. The molecule has 0 bridgehead atoms. The Morgan fingerprint density at radius 2 is 2.24 bits per heavy atom. The Kier molecular flexibility index (Phi) is 3.50. The van der Waals surface area contributed by atoms with Crippen molar-refractivity contribution in [3.63, 3.8) is 0 Å². The maximum atomic E-state index is 13.1. The van der Waals surface area contributed by atoms with E-state index in [-0.39, 0.29) is 11.4 Å². The molecule has 0 amide bonds. The van der Waals surface area contributed by atoms with E-state index in [1.54, 1.807) is 19.2 Å². The Morgan fingerprint density at radius 3 is 2.94 bits per heavy atom. The topological polar surface area (TPSA) is 21.3 Å². The first kappa shape index (κ1) is 12.5. The number of nitrogens with one attached hydrogen (secondary N) is 1. The van der Waals surface area contributed by atoms with Crippen molar-refractivity contribution in [1.29, 1.82) is 0 Å². The molecular weight excluding hydrogens is 217 g/mol. The third kappa shape index (κ3) is 2.85. The first-order chi connectivity index (χ1) is 8.02. The number of aryl methyl sites for hydroxylation is 1. The Morgan fingerprint density at radius 1 is 1.47 bits per heavy atom. The van der Waals surface area contributed by atoms with E-state index in [1.807, 2.05) is 6.07 Å². The van der Waals surface area contributed by atoms with Crippen molar-refractivity contribution in [2.45, 2.75) is 38.3 Å². The second-order valence-electron chi connectivity index (χ2n) is 5.28. The highest BCUT2D eigenvalue weighted by atomic mass is 19.1. The van der Waals surface area contributed by atoms with Crippen molar-refractivity contribution >= 4 is 0 Å². The molecule has 0 saturated heterocycles. The highest BCUT2D eigenvalue weighted by molar-refractivity contribution is 5.34. The van der Waals surface area contributed by atoms with E-state index >= 15 is 0 Å². The summed E-state index contributed by atoms with van der Waals surface area (Å²) in [6.07, 6.45) is 2.00. The van der Waals surface area contributed by atoms with Crippen LogP contribution in [0.1, 0.15) is 37.4 Å². The lowest BCUT2D eigenvalue weighted by molar-refractivity contribution is 0.0210. The van der Waals surface area contributed by atoms with Crippen LogP contribution in [0.4, 0.5) is 4.39 Å². The van der Waals surface area contributed by atoms with Gasteiger partial charge >= 0.3 is 0 Å². The molecule has 1 atom stereocenters. The third-order valence-corrected chi connectivity index (χ3v) is 3.51. The molecule has 2 nitrogen and oxygen atoms in total. The Labute approximate surface area is 102 Å². The molecule has 94 valence electrons. The summed E-state index contributed by atoms with van der Waals surface area (Å²) in [5, 5.41) is 3.50. The molecule has 0 spiro atoms. The van der Waals surface area contributed by atoms with Crippen LogP contribution in [0.15, 0.2) is 18.2 Å². The number of hydrogen-bond donors (Lipinski definition) is 1. The van der Waals surface area contributed by atoms with Gasteiger partial charge in [-0.2, -0.15) is 0 Å². The zero-order valence-electron chi connectivity index (χ0n) is 10.7. The van der Waals surface area contributed by atoms with Crippen LogP contribution in [0.25, 0.3) is 0 Å². The van der Waals surface area contributed by atoms with Crippen molar-refractivity contribution in [3.8, 4) is 0 Å². The summed E-state index contributed by atoms with van der Waals surface area (Å²) in [6, 6.07) is 5.42. The van der Waals surface area contributed by atoms with Crippen LogP contribution in [0.2, 0.25) is 0 Å². The number of benzene rings is 1. The van der Waals surface area contributed by atoms with Gasteiger partial charge in [0.05, 0.1) is 5.60 Å². The van der Waals surface area contributed by atoms with Gasteiger partial charge in [-0.1, -0.05) is 6.07 Å². The summed E-state index contributed by atoms with van der Waals surface area (Å²) in [5.74, 6) is -0.137. The second kappa shape index (κ2) is 4.75. The van der Waals surface area contributed by atoms with Crippen LogP contribution >= 0.6 is 0 Å². The molecule has 0 radical (unpaired) electrons. The Hall–Kier alpha value is -0.930. The van der Waals surface area contributed by atoms with Crippen molar-refractivity contribution in [2.24, 2.45) is 0 Å². The quantitative estimate of drug-likeness (QED) is 0.869. The maximum absolute atomic E-state index is 13.1. The SMILES string of the molecule is COC(C)(C)CNC1CCc2cc(F)ccc21. The normalized spacial score (nSPS) is 19.4. The lowest BCUT2D eigenvalue weighted by Gasteiger charge is -2.26. The van der Waals surface area contributed by atoms with Gasteiger partial charge in [0.2, 0.25) is 0 Å². The lowest BCUT2D eigenvalue weighted by atomic mass is 10.1. The molecule has 1 N–H and O–H groups in total. The van der Waals surface area contributed by atoms with E-state index in [1.165, 1.54) is 5.56 Å². The number of halogens is 1. The minimum atomic E-state index is -0.164. The van der Waals surface area contributed by atoms with Gasteiger partial charge in [0.25, 0.3) is 0 Å². The molecular formula is C14H20FNO. The van der Waals surface area contributed by atoms with E-state index in [0.29, 0.717) is 6.04 Å². The van der Waals surface area contributed by atoms with Gasteiger partial charge in [0.1, 0.15) is 5.82 Å². The van der Waals surface area contributed by atoms with E-state index in [9.17, 15) is 4.39 Å². The largest absolute Gasteiger partial charge is 0.377 e. The van der Waals surface area contributed by atoms with Crippen LogP contribution in [-0.2, 0) is 11.2 Å². The first-order valence-electron chi connectivity index (χ1n) is 6.09. The standard InChI is InChI=1S/C14H20FNO/c1-14(2,17-3)9-16-13-7-4-10-8-11(15)5-6-12(10)13/h5-6,8,13,16H,4,7,9H2,1-3H3. The molecule has 0 fully saturated rings. The summed E-state index contributed by atoms with van der Waals surface area (Å²) >= 11 is 0. The summed E-state index contributed by atoms with van der Waals surface area (Å²) in [5.41, 5.74) is 2.21. The molecule has 1 unspecified atom stereocenters. The van der Waals surface area contributed by atoms with E-state index in [4.69, 9.17) is 4.74 Å². The second-order valence-corrected chi connectivity index (χ2v) is 5.28. The van der Waals surface area contributed by atoms with Gasteiger partial charge in [-0.25, -0.2) is 4.39 Å². The monoisotopic (exact) mass is 237 g/mol. The van der Waals surface area contributed by atoms with E-state index in [2.05, 4.69) is 19.2 Å². The summed E-state index contributed by atoms with van der Waals surface area (Å²) < 4.78 is 18.5. The summed E-state index contributed by atoms with van der Waals surface area (Å²) in [4.78, 5) is 0. The van der Waals surface area contributed by atoms with Crippen molar-refractivity contribution in [1.82, 2.24) is 5.32 Å². The lowest BCUT2D eigenvalue weighted by Crippen LogP contribution is -2.38. The fraction of sp³-hybridized carbons (Fsp3) is 0.571. The van der Waals surface area contributed by atoms with Gasteiger partial charge in [-0.15, -0.1) is 0 Å². The average molecular weight is 237 g/mol. The molecule has 17 heavy (non-hydrogen) atoms. The number of methoxy groups -OCH3 is 1. The highest BCUT2D eigenvalue weighted by Crippen LogP contribution is 2.31. The molecule has 1 aromatic rings. The van der Waals surface area contributed by atoms with Crippen LogP contribution < -0.4 is 5.32 Å². The number of rotatable bonds is 4. The van der Waals surface area contributed by atoms with E-state index < -0.39 is 0 Å². The minimum absolute atomic E-state index is 0.137. The zero-order chi connectivity index (χ0) is 12.5. The molecule has 3 heteroatoms. The molecule has 2 rings (SSSR count). The summed E-state index contributed by atoms with van der Waals surface area (Å²) in [6.45, 7) is 4.91. The molecule has 0 saturated carbocycles.